The van der Waals surface area contributed by atoms with Crippen molar-refractivity contribution in [3.63, 3.8) is 0 Å². The van der Waals surface area contributed by atoms with Crippen molar-refractivity contribution in [1.29, 1.82) is 0 Å². The van der Waals surface area contributed by atoms with Crippen molar-refractivity contribution in [2.75, 3.05) is 25.5 Å². The summed E-state index contributed by atoms with van der Waals surface area (Å²) in [7, 11) is 1.98. The van der Waals surface area contributed by atoms with Crippen molar-refractivity contribution >= 4 is 11.6 Å². The summed E-state index contributed by atoms with van der Waals surface area (Å²) in [5, 5.41) is 3.03. The number of carbonyl (C=O) groups is 1. The molecule has 2 aromatic rings. The number of nitrogens with zero attached hydrogens (tertiary/aromatic N) is 1. The summed E-state index contributed by atoms with van der Waals surface area (Å²) >= 11 is 0. The zero-order chi connectivity index (χ0) is 15.9. The maximum absolute atomic E-state index is 12.2. The molecule has 0 aliphatic heterocycles. The Bertz CT molecular complexity index is 602. The molecule has 0 heterocycles. The third-order valence-electron chi connectivity index (χ3n) is 3.78. The molecule has 1 N–H and O–H groups in total. The van der Waals surface area contributed by atoms with Gasteiger partial charge in [-0.1, -0.05) is 48.5 Å². The number of hydrogen-bond acceptors (Lipinski definition) is 2. The van der Waals surface area contributed by atoms with E-state index in [1.54, 1.807) is 0 Å². The SMILES string of the molecule is Cc1cccc(C)c1NC(=O)CN(C)CCc1ccccc1. The molecule has 0 saturated carbocycles. The Hall–Kier alpha value is -2.13. The molecule has 0 saturated heterocycles. The van der Waals surface area contributed by atoms with E-state index >= 15 is 0 Å². The molecule has 2 aromatic carbocycles. The first-order valence-corrected chi connectivity index (χ1v) is 7.65. The molecule has 3 nitrogen and oxygen atoms in total. The lowest BCUT2D eigenvalue weighted by Crippen LogP contribution is -2.32. The maximum atomic E-state index is 12.2. The van der Waals surface area contributed by atoms with Gasteiger partial charge in [0, 0.05) is 12.2 Å². The number of likely N-dealkylation sites (N-methyl/N-ethyl adjacent to an activating group) is 1. The van der Waals surface area contributed by atoms with E-state index in [1.165, 1.54) is 5.56 Å². The Morgan fingerprint density at radius 1 is 1.00 bits per heavy atom. The summed E-state index contributed by atoms with van der Waals surface area (Å²) in [6.45, 7) is 5.30. The highest BCUT2D eigenvalue weighted by molar-refractivity contribution is 5.93. The monoisotopic (exact) mass is 296 g/mol. The van der Waals surface area contributed by atoms with Crippen LogP contribution in [0.3, 0.4) is 0 Å². The second kappa shape index (κ2) is 7.76. The summed E-state index contributed by atoms with van der Waals surface area (Å²) in [5.74, 6) is 0.0351. The molecule has 0 aliphatic rings. The molecule has 22 heavy (non-hydrogen) atoms. The fourth-order valence-corrected chi connectivity index (χ4v) is 2.48. The molecule has 116 valence electrons. The molecule has 0 atom stereocenters. The Kier molecular flexibility index (Phi) is 5.73. The molecule has 0 radical (unpaired) electrons. The van der Waals surface area contributed by atoms with E-state index in [9.17, 15) is 4.79 Å². The van der Waals surface area contributed by atoms with Crippen LogP contribution in [-0.2, 0) is 11.2 Å². The van der Waals surface area contributed by atoms with Gasteiger partial charge in [0.1, 0.15) is 0 Å². The van der Waals surface area contributed by atoms with Crippen molar-refractivity contribution in [3.05, 3.63) is 65.2 Å². The van der Waals surface area contributed by atoms with Gasteiger partial charge < -0.3 is 5.32 Å². The van der Waals surface area contributed by atoms with Crippen LogP contribution in [0.1, 0.15) is 16.7 Å². The van der Waals surface area contributed by atoms with Crippen molar-refractivity contribution < 1.29 is 4.79 Å². The van der Waals surface area contributed by atoms with E-state index in [0.717, 1.165) is 29.8 Å². The Balaban J connectivity index is 1.84. The highest BCUT2D eigenvalue weighted by Gasteiger charge is 2.09. The molecule has 0 spiro atoms. The second-order valence-electron chi connectivity index (χ2n) is 5.79. The van der Waals surface area contributed by atoms with Crippen molar-refractivity contribution in [2.45, 2.75) is 20.3 Å². The maximum Gasteiger partial charge on any atom is 0.238 e. The third-order valence-corrected chi connectivity index (χ3v) is 3.78. The number of benzene rings is 2. The van der Waals surface area contributed by atoms with Gasteiger partial charge in [-0.3, -0.25) is 9.69 Å². The molecule has 0 unspecified atom stereocenters. The van der Waals surface area contributed by atoms with E-state index in [1.807, 2.05) is 57.3 Å². The Labute approximate surface area is 133 Å². The number of rotatable bonds is 6. The Morgan fingerprint density at radius 2 is 1.64 bits per heavy atom. The predicted molar refractivity (Wildman–Crippen MR) is 92.2 cm³/mol. The minimum Gasteiger partial charge on any atom is -0.324 e. The van der Waals surface area contributed by atoms with Gasteiger partial charge in [0.15, 0.2) is 0 Å². The molecule has 3 heteroatoms. The summed E-state index contributed by atoms with van der Waals surface area (Å²) in [6, 6.07) is 16.4. The van der Waals surface area contributed by atoms with Crippen LogP contribution in [0.4, 0.5) is 5.69 Å². The topological polar surface area (TPSA) is 32.3 Å². The van der Waals surface area contributed by atoms with Gasteiger partial charge in [0.05, 0.1) is 6.54 Å². The van der Waals surface area contributed by atoms with Crippen LogP contribution >= 0.6 is 0 Å². The first-order valence-electron chi connectivity index (χ1n) is 7.65. The van der Waals surface area contributed by atoms with Gasteiger partial charge in [-0.25, -0.2) is 0 Å². The number of nitrogens with one attached hydrogen (secondary N) is 1. The fourth-order valence-electron chi connectivity index (χ4n) is 2.48. The van der Waals surface area contributed by atoms with E-state index in [0.29, 0.717) is 6.54 Å². The normalized spacial score (nSPS) is 10.7. The zero-order valence-electron chi connectivity index (χ0n) is 13.6. The lowest BCUT2D eigenvalue weighted by atomic mass is 10.1. The summed E-state index contributed by atoms with van der Waals surface area (Å²) in [5.41, 5.74) is 4.43. The van der Waals surface area contributed by atoms with E-state index in [-0.39, 0.29) is 5.91 Å². The van der Waals surface area contributed by atoms with Crippen molar-refractivity contribution in [2.24, 2.45) is 0 Å². The minimum atomic E-state index is 0.0351. The van der Waals surface area contributed by atoms with Gasteiger partial charge in [0.25, 0.3) is 0 Å². The summed E-state index contributed by atoms with van der Waals surface area (Å²) in [6.07, 6.45) is 0.952. The number of anilines is 1. The first kappa shape index (κ1) is 16.2. The molecule has 1 amide bonds. The molecule has 0 aliphatic carbocycles. The van der Waals surface area contributed by atoms with Crippen molar-refractivity contribution in [1.82, 2.24) is 4.90 Å². The summed E-state index contributed by atoms with van der Waals surface area (Å²) < 4.78 is 0. The fraction of sp³-hybridized carbons (Fsp3) is 0.316. The average molecular weight is 296 g/mol. The van der Waals surface area contributed by atoms with Crippen LogP contribution in [0.25, 0.3) is 0 Å². The van der Waals surface area contributed by atoms with Gasteiger partial charge in [0.2, 0.25) is 5.91 Å². The van der Waals surface area contributed by atoms with Crippen LogP contribution in [0.5, 0.6) is 0 Å². The second-order valence-corrected chi connectivity index (χ2v) is 5.79. The standard InChI is InChI=1S/C19H24N2O/c1-15-8-7-9-16(2)19(15)20-18(22)14-21(3)13-12-17-10-5-4-6-11-17/h4-11H,12-14H2,1-3H3,(H,20,22). The average Bonchev–Trinajstić information content (AvgIpc) is 2.50. The smallest absolute Gasteiger partial charge is 0.238 e. The molecule has 2 rings (SSSR count). The number of hydrogen-bond donors (Lipinski definition) is 1. The quantitative estimate of drug-likeness (QED) is 0.886. The van der Waals surface area contributed by atoms with Gasteiger partial charge in [-0.05, 0) is 44.0 Å². The van der Waals surface area contributed by atoms with Crippen LogP contribution in [0, 0.1) is 13.8 Å². The van der Waals surface area contributed by atoms with Crippen LogP contribution < -0.4 is 5.32 Å². The van der Waals surface area contributed by atoms with Crippen molar-refractivity contribution in [3.8, 4) is 0 Å². The number of para-hydroxylation sites is 1. The van der Waals surface area contributed by atoms with Crippen LogP contribution in [0.2, 0.25) is 0 Å². The number of carbonyl (C=O) groups excluding carboxylic acids is 1. The Morgan fingerprint density at radius 3 is 2.27 bits per heavy atom. The lowest BCUT2D eigenvalue weighted by molar-refractivity contribution is -0.117. The van der Waals surface area contributed by atoms with E-state index in [2.05, 4.69) is 22.3 Å². The molecular weight excluding hydrogens is 272 g/mol. The highest BCUT2D eigenvalue weighted by atomic mass is 16.2. The minimum absolute atomic E-state index is 0.0351. The van der Waals surface area contributed by atoms with Crippen LogP contribution in [0.15, 0.2) is 48.5 Å². The molecular formula is C19H24N2O. The van der Waals surface area contributed by atoms with Gasteiger partial charge >= 0.3 is 0 Å². The molecule has 0 aromatic heterocycles. The largest absolute Gasteiger partial charge is 0.324 e. The van der Waals surface area contributed by atoms with Gasteiger partial charge in [-0.2, -0.15) is 0 Å². The first-order chi connectivity index (χ1) is 10.6. The van der Waals surface area contributed by atoms with Gasteiger partial charge in [-0.15, -0.1) is 0 Å². The third kappa shape index (κ3) is 4.71. The van der Waals surface area contributed by atoms with Crippen LogP contribution in [-0.4, -0.2) is 30.9 Å². The highest BCUT2D eigenvalue weighted by Crippen LogP contribution is 2.19. The van der Waals surface area contributed by atoms with E-state index in [4.69, 9.17) is 0 Å². The summed E-state index contributed by atoms with van der Waals surface area (Å²) in [4.78, 5) is 14.2. The number of amides is 1. The zero-order valence-corrected chi connectivity index (χ0v) is 13.6. The predicted octanol–water partition coefficient (Wildman–Crippen LogP) is 3.42. The lowest BCUT2D eigenvalue weighted by Gasteiger charge is -2.17. The molecule has 0 fully saturated rings. The number of aryl methyl sites for hydroxylation is 2. The molecule has 0 bridgehead atoms. The van der Waals surface area contributed by atoms with E-state index < -0.39 is 0 Å².